The zero-order valence-electron chi connectivity index (χ0n) is 9.95. The van der Waals surface area contributed by atoms with E-state index in [2.05, 4.69) is 0 Å². The molecule has 0 amide bonds. The van der Waals surface area contributed by atoms with Gasteiger partial charge < -0.3 is 0 Å². The summed E-state index contributed by atoms with van der Waals surface area (Å²) in [5.41, 5.74) is -0.500. The molecule has 0 saturated carbocycles. The molecule has 0 heterocycles. The van der Waals surface area contributed by atoms with Gasteiger partial charge in [-0.2, -0.15) is 0 Å². The quantitative estimate of drug-likeness (QED) is 0.624. The average Bonchev–Trinajstić information content (AvgIpc) is 2.38. The largest absolute Gasteiger partial charge is 0.298 e. The molecule has 0 radical (unpaired) electrons. The molecule has 0 fully saturated rings. The van der Waals surface area contributed by atoms with Crippen molar-refractivity contribution in [2.24, 2.45) is 0 Å². The predicted molar refractivity (Wildman–Crippen MR) is 63.5 cm³/mol. The lowest BCUT2D eigenvalue weighted by Gasteiger charge is -1.93. The van der Waals surface area contributed by atoms with Gasteiger partial charge in [-0.25, -0.2) is 17.6 Å². The topological polar surface area (TPSA) is 34.1 Å². The minimum atomic E-state index is -0.824. The van der Waals surface area contributed by atoms with Crippen LogP contribution in [-0.4, -0.2) is 12.6 Å². The summed E-state index contributed by atoms with van der Waals surface area (Å²) < 4.78 is 49.2. The highest BCUT2D eigenvalue weighted by atomic mass is 19.1. The van der Waals surface area contributed by atoms with Crippen molar-refractivity contribution in [1.82, 2.24) is 0 Å². The van der Waals surface area contributed by atoms with E-state index in [1.54, 1.807) is 0 Å². The SMILES string of the molecule is O=Cc1c(F)cccc1F.O=Cc1cc(F)cc(F)c1. The van der Waals surface area contributed by atoms with Crippen molar-refractivity contribution < 1.29 is 27.2 Å². The van der Waals surface area contributed by atoms with Crippen LogP contribution in [0.4, 0.5) is 17.6 Å². The van der Waals surface area contributed by atoms with Crippen LogP contribution in [0, 0.1) is 23.3 Å². The highest BCUT2D eigenvalue weighted by Gasteiger charge is 2.04. The van der Waals surface area contributed by atoms with Gasteiger partial charge in [0.25, 0.3) is 0 Å². The maximum atomic E-state index is 12.4. The second-order valence-electron chi connectivity index (χ2n) is 3.57. The smallest absolute Gasteiger partial charge is 0.155 e. The van der Waals surface area contributed by atoms with Gasteiger partial charge >= 0.3 is 0 Å². The van der Waals surface area contributed by atoms with Crippen molar-refractivity contribution in [3.63, 3.8) is 0 Å². The van der Waals surface area contributed by atoms with Gasteiger partial charge in [-0.15, -0.1) is 0 Å². The van der Waals surface area contributed by atoms with Crippen LogP contribution >= 0.6 is 0 Å². The fourth-order valence-electron chi connectivity index (χ4n) is 1.27. The third-order valence-electron chi connectivity index (χ3n) is 2.14. The summed E-state index contributed by atoms with van der Waals surface area (Å²) in [4.78, 5) is 19.9. The lowest BCUT2D eigenvalue weighted by Crippen LogP contribution is -1.91. The minimum Gasteiger partial charge on any atom is -0.298 e. The van der Waals surface area contributed by atoms with Gasteiger partial charge in [0.2, 0.25) is 0 Å². The monoisotopic (exact) mass is 284 g/mol. The van der Waals surface area contributed by atoms with E-state index >= 15 is 0 Å². The molecule has 2 aromatic carbocycles. The number of aldehydes is 2. The molecule has 0 aliphatic carbocycles. The van der Waals surface area contributed by atoms with Crippen molar-refractivity contribution in [1.29, 1.82) is 0 Å². The van der Waals surface area contributed by atoms with E-state index in [1.165, 1.54) is 6.07 Å². The first kappa shape index (κ1) is 15.6. The molecule has 0 aliphatic heterocycles. The van der Waals surface area contributed by atoms with Crippen LogP contribution in [-0.2, 0) is 0 Å². The maximum Gasteiger partial charge on any atom is 0.155 e. The molecule has 2 aromatic rings. The molecule has 0 aliphatic rings. The molecule has 0 saturated heterocycles. The van der Waals surface area contributed by atoms with Gasteiger partial charge in [0.15, 0.2) is 6.29 Å². The van der Waals surface area contributed by atoms with Crippen molar-refractivity contribution in [3.05, 3.63) is 70.8 Å². The van der Waals surface area contributed by atoms with E-state index < -0.39 is 28.8 Å². The van der Waals surface area contributed by atoms with E-state index in [0.717, 1.165) is 24.3 Å². The van der Waals surface area contributed by atoms with Gasteiger partial charge in [0.1, 0.15) is 29.6 Å². The summed E-state index contributed by atoms with van der Waals surface area (Å²) in [6.45, 7) is 0. The summed E-state index contributed by atoms with van der Waals surface area (Å²) >= 11 is 0. The summed E-state index contributed by atoms with van der Waals surface area (Å²) in [5.74, 6) is -3.12. The Hall–Kier alpha value is -2.50. The van der Waals surface area contributed by atoms with E-state index in [0.29, 0.717) is 12.4 Å². The predicted octanol–water partition coefficient (Wildman–Crippen LogP) is 3.55. The van der Waals surface area contributed by atoms with Gasteiger partial charge in [-0.05, 0) is 24.3 Å². The van der Waals surface area contributed by atoms with Crippen LogP contribution in [0.3, 0.4) is 0 Å². The fourth-order valence-corrected chi connectivity index (χ4v) is 1.27. The Kier molecular flexibility index (Phi) is 5.58. The first-order chi connectivity index (χ1) is 9.47. The minimum absolute atomic E-state index is 0.0116. The number of benzene rings is 2. The Morgan fingerprint density at radius 2 is 1.25 bits per heavy atom. The summed E-state index contributed by atoms with van der Waals surface area (Å²) in [6.07, 6.45) is 0.552. The molecule has 2 rings (SSSR count). The number of rotatable bonds is 2. The zero-order valence-corrected chi connectivity index (χ0v) is 9.95. The Bertz CT molecular complexity index is 586. The normalized spacial score (nSPS) is 9.40. The lowest BCUT2D eigenvalue weighted by atomic mass is 10.2. The fraction of sp³-hybridized carbons (Fsp3) is 0. The molecule has 6 heteroatoms. The highest BCUT2D eigenvalue weighted by Crippen LogP contribution is 2.08. The van der Waals surface area contributed by atoms with Gasteiger partial charge in [0.05, 0.1) is 5.56 Å². The van der Waals surface area contributed by atoms with E-state index in [1.807, 2.05) is 0 Å². The van der Waals surface area contributed by atoms with Crippen LogP contribution < -0.4 is 0 Å². The van der Waals surface area contributed by atoms with E-state index in [9.17, 15) is 27.2 Å². The number of hydrogen-bond acceptors (Lipinski definition) is 2. The third-order valence-corrected chi connectivity index (χ3v) is 2.14. The molecule has 0 unspecified atom stereocenters. The molecule has 0 atom stereocenters. The Balaban J connectivity index is 0.000000200. The second-order valence-corrected chi connectivity index (χ2v) is 3.57. The van der Waals surface area contributed by atoms with Gasteiger partial charge in [0, 0.05) is 11.6 Å². The number of halogens is 4. The number of carbonyl (C=O) groups excluding carboxylic acids is 2. The molecule has 0 aromatic heterocycles. The Morgan fingerprint density at radius 3 is 1.60 bits per heavy atom. The number of hydrogen-bond donors (Lipinski definition) is 0. The molecular weight excluding hydrogens is 276 g/mol. The van der Waals surface area contributed by atoms with Gasteiger partial charge in [-0.1, -0.05) is 6.07 Å². The van der Waals surface area contributed by atoms with Crippen molar-refractivity contribution >= 4 is 12.6 Å². The third kappa shape index (κ3) is 4.31. The molecule has 104 valence electrons. The van der Waals surface area contributed by atoms with Crippen molar-refractivity contribution in [2.75, 3.05) is 0 Å². The first-order valence-corrected chi connectivity index (χ1v) is 5.28. The van der Waals surface area contributed by atoms with Crippen LogP contribution in [0.25, 0.3) is 0 Å². The highest BCUT2D eigenvalue weighted by molar-refractivity contribution is 5.75. The average molecular weight is 284 g/mol. The molecule has 2 nitrogen and oxygen atoms in total. The first-order valence-electron chi connectivity index (χ1n) is 5.28. The maximum absolute atomic E-state index is 12.4. The lowest BCUT2D eigenvalue weighted by molar-refractivity contribution is 0.111. The van der Waals surface area contributed by atoms with Crippen LogP contribution in [0.1, 0.15) is 20.7 Å². The van der Waals surface area contributed by atoms with Crippen LogP contribution in [0.5, 0.6) is 0 Å². The molecule has 0 spiro atoms. The van der Waals surface area contributed by atoms with E-state index in [4.69, 9.17) is 0 Å². The number of carbonyl (C=O) groups is 2. The standard InChI is InChI=1S/2C7H4F2O/c8-6-1-5(4-10)2-7(9)3-6;8-6-2-1-3-7(9)5(6)4-10/h2*1-4H. The van der Waals surface area contributed by atoms with Crippen molar-refractivity contribution in [3.8, 4) is 0 Å². The Morgan fingerprint density at radius 1 is 0.750 bits per heavy atom. The Labute approximate surface area is 111 Å². The summed E-state index contributed by atoms with van der Waals surface area (Å²) in [7, 11) is 0. The second kappa shape index (κ2) is 7.18. The van der Waals surface area contributed by atoms with Gasteiger partial charge in [-0.3, -0.25) is 9.59 Å². The molecule has 0 N–H and O–H groups in total. The van der Waals surface area contributed by atoms with Crippen molar-refractivity contribution in [2.45, 2.75) is 0 Å². The molecule has 20 heavy (non-hydrogen) atoms. The molecular formula is C14H8F4O2. The zero-order chi connectivity index (χ0) is 15.1. The summed E-state index contributed by atoms with van der Waals surface area (Å²) in [6, 6.07) is 5.93. The van der Waals surface area contributed by atoms with E-state index in [-0.39, 0.29) is 11.8 Å². The van der Waals surface area contributed by atoms with Crippen LogP contribution in [0.15, 0.2) is 36.4 Å². The molecule has 0 bridgehead atoms. The summed E-state index contributed by atoms with van der Waals surface area (Å²) in [5, 5.41) is 0. The van der Waals surface area contributed by atoms with Crippen LogP contribution in [0.2, 0.25) is 0 Å².